The Balaban J connectivity index is 1.78. The number of aromatic nitrogens is 1. The summed E-state index contributed by atoms with van der Waals surface area (Å²) in [5.41, 5.74) is 1.90. The van der Waals surface area contributed by atoms with Gasteiger partial charge in [-0.25, -0.2) is 4.98 Å². The van der Waals surface area contributed by atoms with Crippen molar-refractivity contribution in [1.82, 2.24) is 10.3 Å². The molecule has 0 spiro atoms. The molecule has 0 radical (unpaired) electrons. The van der Waals surface area contributed by atoms with Crippen LogP contribution < -0.4 is 10.1 Å². The van der Waals surface area contributed by atoms with Gasteiger partial charge in [-0.1, -0.05) is 12.1 Å². The lowest BCUT2D eigenvalue weighted by Gasteiger charge is -2.25. The molecule has 0 bridgehead atoms. The quantitative estimate of drug-likeness (QED) is 0.894. The molecule has 1 aliphatic rings. The van der Waals surface area contributed by atoms with Crippen molar-refractivity contribution in [3.05, 3.63) is 36.4 Å². The highest BCUT2D eigenvalue weighted by Gasteiger charge is 2.19. The number of hydrogen-bond donors (Lipinski definition) is 1. The van der Waals surface area contributed by atoms with Gasteiger partial charge in [0.25, 0.3) is 0 Å². The van der Waals surface area contributed by atoms with Crippen LogP contribution >= 0.6 is 0 Å². The maximum atomic E-state index is 5.52. The zero-order valence-corrected chi connectivity index (χ0v) is 10.3. The minimum absolute atomic E-state index is 0.668. The van der Waals surface area contributed by atoms with Crippen LogP contribution in [0.2, 0.25) is 0 Å². The van der Waals surface area contributed by atoms with Crippen LogP contribution in [-0.4, -0.2) is 25.2 Å². The molecule has 1 aliphatic heterocycles. The average molecular weight is 244 g/mol. The largest absolute Gasteiger partial charge is 0.497 e. The van der Waals surface area contributed by atoms with E-state index in [-0.39, 0.29) is 0 Å². The molecular formula is C14H16N2O2. The lowest BCUT2D eigenvalue weighted by molar-refractivity contribution is 0.318. The molecule has 0 saturated carbocycles. The number of nitrogens with zero attached hydrogens (tertiary/aromatic N) is 1. The molecule has 0 unspecified atom stereocenters. The molecular weight excluding hydrogens is 228 g/mol. The summed E-state index contributed by atoms with van der Waals surface area (Å²) in [4.78, 5) is 4.53. The molecule has 1 aromatic carbocycles. The normalized spacial score (nSPS) is 15.4. The summed E-state index contributed by atoms with van der Waals surface area (Å²) < 4.78 is 10.7. The van der Waals surface area contributed by atoms with Crippen LogP contribution in [0.5, 0.6) is 5.75 Å². The number of oxazole rings is 1. The van der Waals surface area contributed by atoms with Crippen LogP contribution in [0.1, 0.15) is 5.89 Å². The van der Waals surface area contributed by atoms with Crippen LogP contribution in [0.3, 0.4) is 0 Å². The third-order valence-electron chi connectivity index (χ3n) is 3.25. The average Bonchev–Trinajstić information content (AvgIpc) is 2.83. The van der Waals surface area contributed by atoms with Gasteiger partial charge in [0.1, 0.15) is 17.7 Å². The standard InChI is InChI=1S/C14H16N2O2/c1-17-12-4-2-3-11(6-12)13-9-18-14(16-13)5-10-7-15-8-10/h2-4,6,9-10,15H,5,7-8H2,1H3. The van der Waals surface area contributed by atoms with Crippen LogP contribution in [-0.2, 0) is 6.42 Å². The van der Waals surface area contributed by atoms with Crippen molar-refractivity contribution >= 4 is 0 Å². The van der Waals surface area contributed by atoms with Gasteiger partial charge in [-0.15, -0.1) is 0 Å². The highest BCUT2D eigenvalue weighted by molar-refractivity contribution is 5.60. The summed E-state index contributed by atoms with van der Waals surface area (Å²) in [6, 6.07) is 7.85. The number of rotatable bonds is 4. The summed E-state index contributed by atoms with van der Waals surface area (Å²) in [6.07, 6.45) is 2.63. The van der Waals surface area contributed by atoms with Crippen molar-refractivity contribution in [2.75, 3.05) is 20.2 Å². The predicted octanol–water partition coefficient (Wildman–Crippen LogP) is 2.11. The molecule has 18 heavy (non-hydrogen) atoms. The van der Waals surface area contributed by atoms with Gasteiger partial charge in [0.15, 0.2) is 5.89 Å². The van der Waals surface area contributed by atoms with Gasteiger partial charge >= 0.3 is 0 Å². The fraction of sp³-hybridized carbons (Fsp3) is 0.357. The van der Waals surface area contributed by atoms with E-state index in [1.807, 2.05) is 24.3 Å². The zero-order chi connectivity index (χ0) is 12.4. The van der Waals surface area contributed by atoms with E-state index in [0.29, 0.717) is 5.92 Å². The van der Waals surface area contributed by atoms with Gasteiger partial charge in [0.2, 0.25) is 0 Å². The minimum atomic E-state index is 0.668. The Bertz CT molecular complexity index is 532. The monoisotopic (exact) mass is 244 g/mol. The summed E-state index contributed by atoms with van der Waals surface area (Å²) in [7, 11) is 1.66. The maximum Gasteiger partial charge on any atom is 0.194 e. The van der Waals surface area contributed by atoms with Gasteiger partial charge in [-0.2, -0.15) is 0 Å². The molecule has 1 fully saturated rings. The molecule has 3 rings (SSSR count). The predicted molar refractivity (Wildman–Crippen MR) is 68.6 cm³/mol. The topological polar surface area (TPSA) is 47.3 Å². The van der Waals surface area contributed by atoms with Crippen molar-refractivity contribution in [1.29, 1.82) is 0 Å². The molecule has 1 aromatic heterocycles. The Morgan fingerprint density at radius 1 is 1.44 bits per heavy atom. The van der Waals surface area contributed by atoms with Gasteiger partial charge in [0, 0.05) is 12.0 Å². The third-order valence-corrected chi connectivity index (χ3v) is 3.25. The summed E-state index contributed by atoms with van der Waals surface area (Å²) in [5, 5.41) is 3.25. The maximum absolute atomic E-state index is 5.52. The Labute approximate surface area is 106 Å². The van der Waals surface area contributed by atoms with Gasteiger partial charge < -0.3 is 14.5 Å². The molecule has 0 aliphatic carbocycles. The lowest BCUT2D eigenvalue weighted by Crippen LogP contribution is -2.43. The number of methoxy groups -OCH3 is 1. The van der Waals surface area contributed by atoms with E-state index in [1.165, 1.54) is 0 Å². The zero-order valence-electron chi connectivity index (χ0n) is 10.3. The molecule has 2 heterocycles. The van der Waals surface area contributed by atoms with E-state index in [9.17, 15) is 0 Å². The Morgan fingerprint density at radius 2 is 2.33 bits per heavy atom. The molecule has 1 N–H and O–H groups in total. The Kier molecular flexibility index (Phi) is 3.02. The van der Waals surface area contributed by atoms with Crippen LogP contribution in [0, 0.1) is 5.92 Å². The molecule has 94 valence electrons. The molecule has 4 heteroatoms. The molecule has 4 nitrogen and oxygen atoms in total. The van der Waals surface area contributed by atoms with Crippen molar-refractivity contribution < 1.29 is 9.15 Å². The van der Waals surface area contributed by atoms with Crippen LogP contribution in [0.15, 0.2) is 34.9 Å². The number of benzene rings is 1. The van der Waals surface area contributed by atoms with Crippen molar-refractivity contribution in [3.8, 4) is 17.0 Å². The second-order valence-corrected chi connectivity index (χ2v) is 4.59. The first-order valence-electron chi connectivity index (χ1n) is 6.14. The number of hydrogen-bond acceptors (Lipinski definition) is 4. The van der Waals surface area contributed by atoms with Crippen molar-refractivity contribution in [2.45, 2.75) is 6.42 Å². The second kappa shape index (κ2) is 4.82. The van der Waals surface area contributed by atoms with E-state index in [1.54, 1.807) is 13.4 Å². The summed E-state index contributed by atoms with van der Waals surface area (Å²) in [5.74, 6) is 2.32. The Hall–Kier alpha value is -1.81. The first kappa shape index (κ1) is 11.3. The van der Waals surface area contributed by atoms with E-state index in [4.69, 9.17) is 9.15 Å². The van der Waals surface area contributed by atoms with E-state index in [0.717, 1.165) is 42.4 Å². The van der Waals surface area contributed by atoms with Gasteiger partial charge in [0.05, 0.1) is 7.11 Å². The number of ether oxygens (including phenoxy) is 1. The van der Waals surface area contributed by atoms with Crippen molar-refractivity contribution in [3.63, 3.8) is 0 Å². The molecule has 0 amide bonds. The smallest absolute Gasteiger partial charge is 0.194 e. The second-order valence-electron chi connectivity index (χ2n) is 4.59. The SMILES string of the molecule is COc1cccc(-c2coc(CC3CNC3)n2)c1. The minimum Gasteiger partial charge on any atom is -0.497 e. The summed E-state index contributed by atoms with van der Waals surface area (Å²) >= 11 is 0. The van der Waals surface area contributed by atoms with Crippen LogP contribution in [0.25, 0.3) is 11.3 Å². The molecule has 2 aromatic rings. The Morgan fingerprint density at radius 3 is 3.06 bits per heavy atom. The van der Waals surface area contributed by atoms with E-state index >= 15 is 0 Å². The van der Waals surface area contributed by atoms with Crippen molar-refractivity contribution in [2.24, 2.45) is 5.92 Å². The molecule has 1 saturated heterocycles. The first-order valence-corrected chi connectivity index (χ1v) is 6.14. The summed E-state index contributed by atoms with van der Waals surface area (Å²) in [6.45, 7) is 2.13. The molecule has 0 atom stereocenters. The van der Waals surface area contributed by atoms with Crippen LogP contribution in [0.4, 0.5) is 0 Å². The lowest BCUT2D eigenvalue weighted by atomic mass is 10.00. The van der Waals surface area contributed by atoms with Gasteiger partial charge in [-0.3, -0.25) is 0 Å². The van der Waals surface area contributed by atoms with E-state index in [2.05, 4.69) is 10.3 Å². The third kappa shape index (κ3) is 2.24. The fourth-order valence-corrected chi connectivity index (χ4v) is 2.06. The van der Waals surface area contributed by atoms with Gasteiger partial charge in [-0.05, 0) is 31.1 Å². The fourth-order valence-electron chi connectivity index (χ4n) is 2.06. The van der Waals surface area contributed by atoms with E-state index < -0.39 is 0 Å². The first-order chi connectivity index (χ1) is 8.85. The highest BCUT2D eigenvalue weighted by Crippen LogP contribution is 2.24. The highest BCUT2D eigenvalue weighted by atomic mass is 16.5. The number of nitrogens with one attached hydrogen (secondary N) is 1.